The molecule has 1 aromatic carbocycles. The van der Waals surface area contributed by atoms with E-state index in [-0.39, 0.29) is 11.9 Å². The minimum atomic E-state index is -0.344. The molecule has 1 fully saturated rings. The summed E-state index contributed by atoms with van der Waals surface area (Å²) in [6.45, 7) is 2.13. The van der Waals surface area contributed by atoms with Crippen LogP contribution in [-0.4, -0.2) is 11.2 Å². The fourth-order valence-electron chi connectivity index (χ4n) is 1.95. The lowest BCUT2D eigenvalue weighted by Gasteiger charge is -2.11. The van der Waals surface area contributed by atoms with Crippen molar-refractivity contribution in [3.05, 3.63) is 34.6 Å². The Morgan fingerprint density at radius 2 is 2.27 bits per heavy atom. The molecule has 1 saturated carbocycles. The molecule has 0 aliphatic heterocycles. The number of rotatable bonds is 3. The Morgan fingerprint density at radius 3 is 2.80 bits per heavy atom. The van der Waals surface area contributed by atoms with E-state index in [1.165, 1.54) is 12.1 Å². The molecule has 0 amide bonds. The summed E-state index contributed by atoms with van der Waals surface area (Å²) >= 11 is 5.88. The minimum Gasteiger partial charge on any atom is -0.392 e. The van der Waals surface area contributed by atoms with Crippen LogP contribution in [0, 0.1) is 17.7 Å². The zero-order valence-corrected chi connectivity index (χ0v) is 9.34. The van der Waals surface area contributed by atoms with E-state index in [2.05, 4.69) is 6.92 Å². The maximum absolute atomic E-state index is 12.8. The summed E-state index contributed by atoms with van der Waals surface area (Å²) in [5, 5.41) is 10.3. The molecule has 3 unspecified atom stereocenters. The maximum Gasteiger partial charge on any atom is 0.124 e. The highest BCUT2D eigenvalue weighted by molar-refractivity contribution is 6.31. The number of aliphatic hydroxyl groups excluding tert-OH is 1. The van der Waals surface area contributed by atoms with Crippen molar-refractivity contribution in [3.8, 4) is 0 Å². The van der Waals surface area contributed by atoms with Crippen LogP contribution in [0.2, 0.25) is 5.02 Å². The van der Waals surface area contributed by atoms with E-state index in [0.29, 0.717) is 23.3 Å². The molecule has 0 bridgehead atoms. The second-order valence-electron chi connectivity index (χ2n) is 4.38. The molecule has 0 heterocycles. The molecule has 3 atom stereocenters. The van der Waals surface area contributed by atoms with Gasteiger partial charge in [-0.05, 0) is 36.0 Å². The maximum atomic E-state index is 12.8. The van der Waals surface area contributed by atoms with Crippen LogP contribution in [0.3, 0.4) is 0 Å². The lowest BCUT2D eigenvalue weighted by Crippen LogP contribution is -2.14. The van der Waals surface area contributed by atoms with E-state index in [0.717, 1.165) is 12.0 Å². The Morgan fingerprint density at radius 1 is 1.60 bits per heavy atom. The topological polar surface area (TPSA) is 20.2 Å². The molecule has 1 nitrogen and oxygen atoms in total. The molecule has 3 heteroatoms. The molecular weight excluding hydrogens is 215 g/mol. The molecule has 0 spiro atoms. The summed E-state index contributed by atoms with van der Waals surface area (Å²) in [5.74, 6) is 0.670. The van der Waals surface area contributed by atoms with E-state index in [1.807, 2.05) is 0 Å². The van der Waals surface area contributed by atoms with E-state index in [4.69, 9.17) is 11.6 Å². The number of benzene rings is 1. The van der Waals surface area contributed by atoms with Crippen LogP contribution in [0.25, 0.3) is 0 Å². The molecule has 1 N–H and O–H groups in total. The van der Waals surface area contributed by atoms with Crippen molar-refractivity contribution in [2.45, 2.75) is 25.9 Å². The average Bonchev–Trinajstić information content (AvgIpc) is 2.88. The van der Waals surface area contributed by atoms with Gasteiger partial charge in [-0.15, -0.1) is 0 Å². The quantitative estimate of drug-likeness (QED) is 0.843. The van der Waals surface area contributed by atoms with Gasteiger partial charge < -0.3 is 5.11 Å². The molecule has 0 radical (unpaired) electrons. The molecule has 0 saturated heterocycles. The normalized spacial score (nSPS) is 26.4. The number of halogens is 2. The molecule has 0 aromatic heterocycles. The third-order valence-corrected chi connectivity index (χ3v) is 3.46. The summed E-state index contributed by atoms with van der Waals surface area (Å²) in [6, 6.07) is 4.32. The third kappa shape index (κ3) is 2.50. The first-order valence-corrected chi connectivity index (χ1v) is 5.57. The Hall–Kier alpha value is -0.600. The molecule has 82 valence electrons. The second-order valence-corrected chi connectivity index (χ2v) is 4.79. The Labute approximate surface area is 93.9 Å². The van der Waals surface area contributed by atoms with Gasteiger partial charge in [0.2, 0.25) is 0 Å². The number of hydrogen-bond donors (Lipinski definition) is 1. The standard InChI is InChI=1S/C12H14ClFO/c1-7-4-10(7)12(15)5-8-2-3-9(14)6-11(8)13/h2-3,6-7,10,12,15H,4-5H2,1H3. The zero-order chi connectivity index (χ0) is 11.0. The summed E-state index contributed by atoms with van der Waals surface area (Å²) in [4.78, 5) is 0. The molecule has 1 aromatic rings. The summed E-state index contributed by atoms with van der Waals surface area (Å²) < 4.78 is 12.8. The van der Waals surface area contributed by atoms with Crippen LogP contribution in [-0.2, 0) is 6.42 Å². The first kappa shape index (κ1) is 10.9. The van der Waals surface area contributed by atoms with Gasteiger partial charge in [-0.2, -0.15) is 0 Å². The van der Waals surface area contributed by atoms with Gasteiger partial charge in [0.05, 0.1) is 6.10 Å². The van der Waals surface area contributed by atoms with Crippen LogP contribution in [0.15, 0.2) is 18.2 Å². The highest BCUT2D eigenvalue weighted by Gasteiger charge is 2.38. The van der Waals surface area contributed by atoms with Gasteiger partial charge in [-0.25, -0.2) is 4.39 Å². The van der Waals surface area contributed by atoms with Crippen molar-refractivity contribution in [2.24, 2.45) is 11.8 Å². The number of hydrogen-bond acceptors (Lipinski definition) is 1. The molecule has 1 aliphatic rings. The van der Waals surface area contributed by atoms with E-state index in [1.54, 1.807) is 6.07 Å². The van der Waals surface area contributed by atoms with Crippen molar-refractivity contribution >= 4 is 11.6 Å². The summed E-state index contributed by atoms with van der Waals surface area (Å²) in [5.41, 5.74) is 0.824. The van der Waals surface area contributed by atoms with Gasteiger partial charge in [-0.1, -0.05) is 24.6 Å². The molecule has 15 heavy (non-hydrogen) atoms. The Kier molecular flexibility index (Phi) is 2.98. The van der Waals surface area contributed by atoms with E-state index < -0.39 is 0 Å². The smallest absolute Gasteiger partial charge is 0.124 e. The molecule has 1 aliphatic carbocycles. The summed E-state index contributed by atoms with van der Waals surface area (Å²) in [7, 11) is 0. The fraction of sp³-hybridized carbons (Fsp3) is 0.500. The monoisotopic (exact) mass is 228 g/mol. The van der Waals surface area contributed by atoms with Crippen LogP contribution in [0.1, 0.15) is 18.9 Å². The van der Waals surface area contributed by atoms with Crippen molar-refractivity contribution in [2.75, 3.05) is 0 Å². The van der Waals surface area contributed by atoms with Gasteiger partial charge in [0.1, 0.15) is 5.82 Å². The second kappa shape index (κ2) is 4.11. The molecule has 2 rings (SSSR count). The van der Waals surface area contributed by atoms with E-state index in [9.17, 15) is 9.50 Å². The predicted octanol–water partition coefficient (Wildman–Crippen LogP) is 3.04. The van der Waals surface area contributed by atoms with Gasteiger partial charge in [-0.3, -0.25) is 0 Å². The zero-order valence-electron chi connectivity index (χ0n) is 8.58. The average molecular weight is 229 g/mol. The number of aliphatic hydroxyl groups is 1. The Bertz CT molecular complexity index is 367. The minimum absolute atomic E-state index is 0.335. The van der Waals surface area contributed by atoms with Crippen LogP contribution in [0.4, 0.5) is 4.39 Å². The highest BCUT2D eigenvalue weighted by atomic mass is 35.5. The SMILES string of the molecule is CC1CC1C(O)Cc1ccc(F)cc1Cl. The largest absolute Gasteiger partial charge is 0.392 e. The first-order chi connectivity index (χ1) is 7.08. The van der Waals surface area contributed by atoms with Crippen molar-refractivity contribution in [1.29, 1.82) is 0 Å². The molecular formula is C12H14ClFO. The van der Waals surface area contributed by atoms with Crippen molar-refractivity contribution in [3.63, 3.8) is 0 Å². The van der Waals surface area contributed by atoms with Crippen molar-refractivity contribution < 1.29 is 9.50 Å². The first-order valence-electron chi connectivity index (χ1n) is 5.20. The lowest BCUT2D eigenvalue weighted by molar-refractivity contribution is 0.146. The summed E-state index contributed by atoms with van der Waals surface area (Å²) in [6.07, 6.45) is 1.26. The van der Waals surface area contributed by atoms with E-state index >= 15 is 0 Å². The Balaban J connectivity index is 2.04. The van der Waals surface area contributed by atoms with Gasteiger partial charge in [0.15, 0.2) is 0 Å². The predicted molar refractivity (Wildman–Crippen MR) is 58.4 cm³/mol. The van der Waals surface area contributed by atoms with Crippen LogP contribution in [0.5, 0.6) is 0 Å². The van der Waals surface area contributed by atoms with Crippen LogP contribution >= 0.6 is 11.6 Å². The fourth-order valence-corrected chi connectivity index (χ4v) is 2.20. The van der Waals surface area contributed by atoms with Crippen molar-refractivity contribution in [1.82, 2.24) is 0 Å². The van der Waals surface area contributed by atoms with Crippen LogP contribution < -0.4 is 0 Å². The third-order valence-electron chi connectivity index (χ3n) is 3.11. The van der Waals surface area contributed by atoms with Gasteiger partial charge >= 0.3 is 0 Å². The highest BCUT2D eigenvalue weighted by Crippen LogP contribution is 2.41. The van der Waals surface area contributed by atoms with Gasteiger partial charge in [0.25, 0.3) is 0 Å². The van der Waals surface area contributed by atoms with Gasteiger partial charge in [0, 0.05) is 11.4 Å². The lowest BCUT2D eigenvalue weighted by atomic mass is 10.0.